The summed E-state index contributed by atoms with van der Waals surface area (Å²) in [5.41, 5.74) is 3.36. The van der Waals surface area contributed by atoms with Gasteiger partial charge in [-0.2, -0.15) is 0 Å². The van der Waals surface area contributed by atoms with Crippen LogP contribution in [0.25, 0.3) is 6.08 Å². The number of unbranched alkanes of at least 4 members (excludes halogenated alkanes) is 2. The highest BCUT2D eigenvalue weighted by Crippen LogP contribution is 2.52. The first-order chi connectivity index (χ1) is 12.6. The van der Waals surface area contributed by atoms with Gasteiger partial charge in [0, 0.05) is 18.3 Å². The predicted octanol–water partition coefficient (Wildman–Crippen LogP) is 6.77. The molecule has 142 valence electrons. The molecule has 0 aliphatic heterocycles. The van der Waals surface area contributed by atoms with Crippen LogP contribution in [0, 0.1) is 11.7 Å². The molecule has 0 aromatic heterocycles. The quantitative estimate of drug-likeness (QED) is 0.304. The Morgan fingerprint density at radius 1 is 1.23 bits per heavy atom. The van der Waals surface area contributed by atoms with Crippen molar-refractivity contribution in [3.63, 3.8) is 0 Å². The third-order valence-corrected chi connectivity index (χ3v) is 5.92. The molecule has 2 rings (SSSR count). The lowest BCUT2D eigenvalue weighted by molar-refractivity contribution is 0.455. The zero-order valence-corrected chi connectivity index (χ0v) is 16.3. The van der Waals surface area contributed by atoms with Crippen LogP contribution < -0.4 is 5.32 Å². The molecule has 1 saturated carbocycles. The molecule has 1 N–H and O–H groups in total. The normalized spacial score (nSPS) is 15.9. The molecule has 0 saturated heterocycles. The summed E-state index contributed by atoms with van der Waals surface area (Å²) in [6.45, 7) is 11.7. The molecular formula is C24H34FN. The molecule has 1 aliphatic carbocycles. The third-order valence-electron chi connectivity index (χ3n) is 5.92. The van der Waals surface area contributed by atoms with Gasteiger partial charge in [-0.3, -0.25) is 0 Å². The Labute approximate surface area is 159 Å². The molecule has 26 heavy (non-hydrogen) atoms. The lowest BCUT2D eigenvalue weighted by Crippen LogP contribution is -2.15. The Balaban J connectivity index is 1.79. The van der Waals surface area contributed by atoms with Gasteiger partial charge in [-0.05, 0) is 67.6 Å². The van der Waals surface area contributed by atoms with Crippen LogP contribution in [0.2, 0.25) is 0 Å². The van der Waals surface area contributed by atoms with E-state index in [0.29, 0.717) is 16.9 Å². The van der Waals surface area contributed by atoms with E-state index < -0.39 is 0 Å². The monoisotopic (exact) mass is 355 g/mol. The van der Waals surface area contributed by atoms with E-state index >= 15 is 0 Å². The summed E-state index contributed by atoms with van der Waals surface area (Å²) in [7, 11) is 1.96. The minimum atomic E-state index is -0.171. The molecule has 1 nitrogen and oxygen atoms in total. The van der Waals surface area contributed by atoms with E-state index in [2.05, 4.69) is 25.1 Å². The topological polar surface area (TPSA) is 12.0 Å². The van der Waals surface area contributed by atoms with Crippen molar-refractivity contribution < 1.29 is 4.39 Å². The van der Waals surface area contributed by atoms with E-state index in [-0.39, 0.29) is 5.82 Å². The van der Waals surface area contributed by atoms with Gasteiger partial charge in [0.1, 0.15) is 5.82 Å². The zero-order chi connectivity index (χ0) is 19.0. The highest BCUT2D eigenvalue weighted by molar-refractivity contribution is 5.51. The van der Waals surface area contributed by atoms with E-state index in [4.69, 9.17) is 0 Å². The van der Waals surface area contributed by atoms with Crippen molar-refractivity contribution in [3.05, 3.63) is 66.7 Å². The van der Waals surface area contributed by atoms with E-state index in [0.717, 1.165) is 18.5 Å². The first kappa shape index (κ1) is 20.5. The standard InChI is InChI=1S/C24H34FN/c1-5-7-11-21(19(3)26-4)12-9-8-10-15-24(16-17-24)22-13-14-23(25)20(6-2)18-22/h5-6,13-14,18,21,26H,1-3,7-12,15-17H2,4H3. The minimum absolute atomic E-state index is 0.171. The van der Waals surface area contributed by atoms with Gasteiger partial charge >= 0.3 is 0 Å². The van der Waals surface area contributed by atoms with Gasteiger partial charge in [-0.25, -0.2) is 4.39 Å². The largest absolute Gasteiger partial charge is 0.392 e. The average molecular weight is 356 g/mol. The number of benzene rings is 1. The van der Waals surface area contributed by atoms with Crippen molar-refractivity contribution in [1.82, 2.24) is 5.32 Å². The Bertz CT molecular complexity index is 627. The average Bonchev–Trinajstić information content (AvgIpc) is 3.44. The fourth-order valence-corrected chi connectivity index (χ4v) is 3.91. The summed E-state index contributed by atoms with van der Waals surface area (Å²) in [5.74, 6) is 0.370. The smallest absolute Gasteiger partial charge is 0.130 e. The van der Waals surface area contributed by atoms with Crippen molar-refractivity contribution in [2.75, 3.05) is 7.05 Å². The summed E-state index contributed by atoms with van der Waals surface area (Å²) in [6, 6.07) is 5.56. The summed E-state index contributed by atoms with van der Waals surface area (Å²) >= 11 is 0. The summed E-state index contributed by atoms with van der Waals surface area (Å²) in [6.07, 6.45) is 14.4. The van der Waals surface area contributed by atoms with E-state index in [9.17, 15) is 4.39 Å². The summed E-state index contributed by atoms with van der Waals surface area (Å²) in [4.78, 5) is 0. The first-order valence-electron chi connectivity index (χ1n) is 9.96. The molecule has 0 spiro atoms. The number of halogens is 1. The molecule has 1 unspecified atom stereocenters. The third kappa shape index (κ3) is 5.33. The Hall–Kier alpha value is -1.83. The van der Waals surface area contributed by atoms with Crippen molar-refractivity contribution in [2.45, 2.75) is 63.2 Å². The fraction of sp³-hybridized carbons (Fsp3) is 0.500. The van der Waals surface area contributed by atoms with Crippen LogP contribution in [0.3, 0.4) is 0 Å². The molecule has 1 fully saturated rings. The van der Waals surface area contributed by atoms with Gasteiger partial charge in [0.05, 0.1) is 0 Å². The number of allylic oxidation sites excluding steroid dienone is 2. The highest BCUT2D eigenvalue weighted by Gasteiger charge is 2.43. The van der Waals surface area contributed by atoms with Gasteiger partial charge in [-0.1, -0.05) is 50.6 Å². The number of nitrogens with one attached hydrogen (secondary N) is 1. The lowest BCUT2D eigenvalue weighted by Gasteiger charge is -2.20. The van der Waals surface area contributed by atoms with Crippen LogP contribution in [0.1, 0.15) is 68.9 Å². The van der Waals surface area contributed by atoms with E-state index in [1.54, 1.807) is 12.1 Å². The minimum Gasteiger partial charge on any atom is -0.392 e. The molecule has 2 heteroatoms. The van der Waals surface area contributed by atoms with E-state index in [1.807, 2.05) is 25.3 Å². The van der Waals surface area contributed by atoms with Gasteiger partial charge in [0.15, 0.2) is 0 Å². The zero-order valence-electron chi connectivity index (χ0n) is 16.3. The maximum absolute atomic E-state index is 13.7. The number of rotatable bonds is 13. The van der Waals surface area contributed by atoms with Crippen molar-refractivity contribution >= 4 is 6.08 Å². The second kappa shape index (κ2) is 9.75. The second-order valence-corrected chi connectivity index (χ2v) is 7.66. The summed E-state index contributed by atoms with van der Waals surface area (Å²) < 4.78 is 13.7. The van der Waals surface area contributed by atoms with Crippen molar-refractivity contribution in [1.29, 1.82) is 0 Å². The van der Waals surface area contributed by atoms with Crippen LogP contribution >= 0.6 is 0 Å². The van der Waals surface area contributed by atoms with Crippen molar-refractivity contribution in [3.8, 4) is 0 Å². The second-order valence-electron chi connectivity index (χ2n) is 7.66. The van der Waals surface area contributed by atoms with Gasteiger partial charge in [0.25, 0.3) is 0 Å². The fourth-order valence-electron chi connectivity index (χ4n) is 3.91. The van der Waals surface area contributed by atoms with E-state index in [1.165, 1.54) is 50.5 Å². The van der Waals surface area contributed by atoms with Crippen LogP contribution in [0.15, 0.2) is 49.7 Å². The highest BCUT2D eigenvalue weighted by atomic mass is 19.1. The Kier molecular flexibility index (Phi) is 7.68. The van der Waals surface area contributed by atoms with Crippen LogP contribution in [-0.4, -0.2) is 7.05 Å². The molecule has 0 radical (unpaired) electrons. The molecule has 1 aliphatic rings. The molecule has 1 atom stereocenters. The van der Waals surface area contributed by atoms with Crippen molar-refractivity contribution in [2.24, 2.45) is 5.92 Å². The molecule has 0 heterocycles. The van der Waals surface area contributed by atoms with Crippen LogP contribution in [0.4, 0.5) is 4.39 Å². The van der Waals surface area contributed by atoms with Gasteiger partial charge < -0.3 is 5.32 Å². The maximum Gasteiger partial charge on any atom is 0.130 e. The molecule has 1 aromatic carbocycles. The molecular weight excluding hydrogens is 321 g/mol. The SMILES string of the molecule is C=CCCC(CCCCCC1(c2ccc(F)c(C=C)c2)CC1)C(=C)NC. The summed E-state index contributed by atoms with van der Waals surface area (Å²) in [5, 5.41) is 3.22. The lowest BCUT2D eigenvalue weighted by atomic mass is 9.88. The molecule has 0 amide bonds. The molecule has 1 aromatic rings. The Morgan fingerprint density at radius 3 is 2.62 bits per heavy atom. The number of hydrogen-bond donors (Lipinski definition) is 1. The number of hydrogen-bond acceptors (Lipinski definition) is 1. The maximum atomic E-state index is 13.7. The first-order valence-corrected chi connectivity index (χ1v) is 9.96. The van der Waals surface area contributed by atoms with Crippen LogP contribution in [-0.2, 0) is 5.41 Å². The van der Waals surface area contributed by atoms with Crippen LogP contribution in [0.5, 0.6) is 0 Å². The Morgan fingerprint density at radius 2 is 2.00 bits per heavy atom. The van der Waals surface area contributed by atoms with Gasteiger partial charge in [-0.15, -0.1) is 6.58 Å². The van der Waals surface area contributed by atoms with Gasteiger partial charge in [0.2, 0.25) is 0 Å². The molecule has 0 bridgehead atoms. The predicted molar refractivity (Wildman–Crippen MR) is 112 cm³/mol.